The van der Waals surface area contributed by atoms with Crippen molar-refractivity contribution in [1.82, 2.24) is 20.1 Å². The van der Waals surface area contributed by atoms with E-state index in [2.05, 4.69) is 25.4 Å². The average Bonchev–Trinajstić information content (AvgIpc) is 3.21. The molecule has 9 heteroatoms. The third kappa shape index (κ3) is 4.22. The monoisotopic (exact) mass is 407 g/mol. The van der Waals surface area contributed by atoms with E-state index < -0.39 is 11.5 Å². The normalized spacial score (nSPS) is 10.7. The van der Waals surface area contributed by atoms with Crippen LogP contribution in [0.1, 0.15) is 21.8 Å². The van der Waals surface area contributed by atoms with Crippen LogP contribution >= 0.6 is 11.6 Å². The highest BCUT2D eigenvalue weighted by atomic mass is 35.5. The van der Waals surface area contributed by atoms with Crippen LogP contribution in [0.3, 0.4) is 0 Å². The molecule has 0 saturated heterocycles. The van der Waals surface area contributed by atoms with Gasteiger partial charge in [0, 0.05) is 29.8 Å². The van der Waals surface area contributed by atoms with Crippen molar-refractivity contribution in [3.63, 3.8) is 0 Å². The Balaban J connectivity index is 1.54. The fraction of sp³-hybridized carbons (Fsp3) is 0.0500. The van der Waals surface area contributed by atoms with Crippen molar-refractivity contribution in [2.45, 2.75) is 6.42 Å². The minimum Gasteiger partial charge on any atom is -0.339 e. The van der Waals surface area contributed by atoms with Gasteiger partial charge in [-0.05, 0) is 29.8 Å². The molecule has 8 nitrogen and oxygen atoms in total. The van der Waals surface area contributed by atoms with Gasteiger partial charge in [-0.25, -0.2) is 0 Å². The van der Waals surface area contributed by atoms with E-state index in [0.717, 1.165) is 11.1 Å². The van der Waals surface area contributed by atoms with Crippen molar-refractivity contribution in [3.05, 3.63) is 93.4 Å². The molecule has 0 spiro atoms. The number of pyridine rings is 2. The number of aromatic nitrogens is 4. The van der Waals surface area contributed by atoms with Crippen molar-refractivity contribution >= 4 is 23.2 Å². The molecule has 0 aliphatic rings. The van der Waals surface area contributed by atoms with Crippen molar-refractivity contribution in [1.29, 1.82) is 0 Å². The zero-order chi connectivity index (χ0) is 20.2. The average molecular weight is 408 g/mol. The van der Waals surface area contributed by atoms with Crippen molar-refractivity contribution in [2.24, 2.45) is 0 Å². The second-order valence-corrected chi connectivity index (χ2v) is 6.51. The van der Waals surface area contributed by atoms with Crippen molar-refractivity contribution < 1.29 is 9.32 Å². The highest BCUT2D eigenvalue weighted by Gasteiger charge is 2.14. The molecule has 0 atom stereocenters. The number of rotatable bonds is 5. The van der Waals surface area contributed by atoms with E-state index in [0.29, 0.717) is 23.8 Å². The molecular formula is C20H14ClN5O3. The molecule has 2 N–H and O–H groups in total. The first kappa shape index (κ1) is 18.6. The maximum absolute atomic E-state index is 12.5. The molecule has 4 aromatic rings. The maximum atomic E-state index is 12.5. The lowest BCUT2D eigenvalue weighted by atomic mass is 10.1. The molecule has 0 aliphatic heterocycles. The summed E-state index contributed by atoms with van der Waals surface area (Å²) in [7, 11) is 0. The Morgan fingerprint density at radius 2 is 2.07 bits per heavy atom. The molecule has 1 aromatic carbocycles. The summed E-state index contributed by atoms with van der Waals surface area (Å²) in [5.41, 5.74) is 1.91. The van der Waals surface area contributed by atoms with Gasteiger partial charge in [-0.2, -0.15) is 4.98 Å². The molecule has 0 saturated carbocycles. The van der Waals surface area contributed by atoms with Gasteiger partial charge in [0.1, 0.15) is 5.02 Å². The number of carbonyl (C=O) groups is 1. The number of hydrogen-bond donors (Lipinski definition) is 2. The Bertz CT molecular complexity index is 1220. The molecule has 0 fully saturated rings. The Hall–Kier alpha value is -3.78. The summed E-state index contributed by atoms with van der Waals surface area (Å²) >= 11 is 5.80. The van der Waals surface area contributed by atoms with Crippen LogP contribution in [-0.2, 0) is 6.42 Å². The number of anilines is 1. The van der Waals surface area contributed by atoms with Crippen LogP contribution < -0.4 is 10.9 Å². The van der Waals surface area contributed by atoms with Crippen LogP contribution in [0.15, 0.2) is 70.4 Å². The Kier molecular flexibility index (Phi) is 5.17. The van der Waals surface area contributed by atoms with Crippen LogP contribution in [0.25, 0.3) is 11.4 Å². The van der Waals surface area contributed by atoms with Crippen LogP contribution in [0.2, 0.25) is 5.02 Å². The zero-order valence-electron chi connectivity index (χ0n) is 14.9. The summed E-state index contributed by atoms with van der Waals surface area (Å²) in [6.45, 7) is 0. The zero-order valence-corrected chi connectivity index (χ0v) is 15.7. The molecule has 144 valence electrons. The number of amides is 1. The lowest BCUT2D eigenvalue weighted by Gasteiger charge is -2.10. The number of carbonyl (C=O) groups excluding carboxylic acids is 1. The van der Waals surface area contributed by atoms with Crippen LogP contribution in [0, 0.1) is 0 Å². The fourth-order valence-corrected chi connectivity index (χ4v) is 2.85. The van der Waals surface area contributed by atoms with Gasteiger partial charge >= 0.3 is 0 Å². The predicted molar refractivity (Wildman–Crippen MR) is 107 cm³/mol. The lowest BCUT2D eigenvalue weighted by molar-refractivity contribution is 0.102. The maximum Gasteiger partial charge on any atom is 0.266 e. The summed E-state index contributed by atoms with van der Waals surface area (Å²) in [6.07, 6.45) is 4.96. The van der Waals surface area contributed by atoms with E-state index >= 15 is 0 Å². The summed E-state index contributed by atoms with van der Waals surface area (Å²) in [6, 6.07) is 12.2. The minimum absolute atomic E-state index is 0.0558. The van der Waals surface area contributed by atoms with E-state index in [4.69, 9.17) is 16.1 Å². The van der Waals surface area contributed by atoms with Crippen LogP contribution in [-0.4, -0.2) is 26.0 Å². The molecule has 3 heterocycles. The Labute approximate surface area is 169 Å². The molecule has 3 aromatic heterocycles. The number of benzene rings is 1. The van der Waals surface area contributed by atoms with Gasteiger partial charge in [0.2, 0.25) is 11.7 Å². The van der Waals surface area contributed by atoms with E-state index in [-0.39, 0.29) is 10.6 Å². The van der Waals surface area contributed by atoms with Crippen molar-refractivity contribution in [2.75, 3.05) is 5.32 Å². The number of para-hydroxylation sites is 1. The highest BCUT2D eigenvalue weighted by Crippen LogP contribution is 2.21. The number of halogens is 1. The first-order chi connectivity index (χ1) is 14.1. The van der Waals surface area contributed by atoms with Gasteiger partial charge in [-0.15, -0.1) is 0 Å². The van der Waals surface area contributed by atoms with E-state index in [1.54, 1.807) is 30.6 Å². The summed E-state index contributed by atoms with van der Waals surface area (Å²) in [5.74, 6) is 0.437. The molecule has 4 rings (SSSR count). The first-order valence-corrected chi connectivity index (χ1v) is 8.98. The van der Waals surface area contributed by atoms with E-state index in [1.165, 1.54) is 12.3 Å². The predicted octanol–water partition coefficient (Wildman–Crippen LogP) is 3.32. The van der Waals surface area contributed by atoms with E-state index in [1.807, 2.05) is 18.2 Å². The number of aromatic amines is 1. The molecule has 0 unspecified atom stereocenters. The SMILES string of the molecule is O=C(Nc1ccccc1Cc1nc(-c2cccnc2)no1)c1c[nH]c(=O)c(Cl)c1. The third-order valence-corrected chi connectivity index (χ3v) is 4.40. The molecular weight excluding hydrogens is 394 g/mol. The highest BCUT2D eigenvalue weighted by molar-refractivity contribution is 6.30. The standard InChI is InChI=1S/C20H14ClN5O3/c21-15-8-14(11-23-20(15)28)19(27)24-16-6-2-1-4-12(16)9-17-25-18(26-29-17)13-5-3-7-22-10-13/h1-8,10-11H,9H2,(H,23,28)(H,24,27). The van der Waals surface area contributed by atoms with E-state index in [9.17, 15) is 9.59 Å². The largest absolute Gasteiger partial charge is 0.339 e. The summed E-state index contributed by atoms with van der Waals surface area (Å²) in [4.78, 5) is 34.7. The third-order valence-electron chi connectivity index (χ3n) is 4.12. The quantitative estimate of drug-likeness (QED) is 0.524. The summed E-state index contributed by atoms with van der Waals surface area (Å²) < 4.78 is 5.34. The lowest BCUT2D eigenvalue weighted by Crippen LogP contribution is -2.16. The second-order valence-electron chi connectivity index (χ2n) is 6.11. The van der Waals surface area contributed by atoms with Crippen molar-refractivity contribution in [3.8, 4) is 11.4 Å². The van der Waals surface area contributed by atoms with Crippen LogP contribution in [0.5, 0.6) is 0 Å². The van der Waals surface area contributed by atoms with Gasteiger partial charge in [-0.1, -0.05) is 35.0 Å². The number of H-pyrrole nitrogens is 1. The van der Waals surface area contributed by atoms with Crippen LogP contribution in [0.4, 0.5) is 5.69 Å². The van der Waals surface area contributed by atoms with Gasteiger partial charge in [-0.3, -0.25) is 14.6 Å². The van der Waals surface area contributed by atoms with Gasteiger partial charge in [0.15, 0.2) is 0 Å². The number of nitrogens with zero attached hydrogens (tertiary/aromatic N) is 3. The molecule has 0 bridgehead atoms. The fourth-order valence-electron chi connectivity index (χ4n) is 2.68. The molecule has 29 heavy (non-hydrogen) atoms. The second kappa shape index (κ2) is 8.07. The molecule has 0 aliphatic carbocycles. The molecule has 1 amide bonds. The Morgan fingerprint density at radius 1 is 1.21 bits per heavy atom. The number of nitrogens with one attached hydrogen (secondary N) is 2. The number of hydrogen-bond acceptors (Lipinski definition) is 6. The topological polar surface area (TPSA) is 114 Å². The van der Waals surface area contributed by atoms with Gasteiger partial charge in [0.05, 0.1) is 12.0 Å². The summed E-state index contributed by atoms with van der Waals surface area (Å²) in [5, 5.41) is 6.73. The Morgan fingerprint density at radius 3 is 2.86 bits per heavy atom. The smallest absolute Gasteiger partial charge is 0.266 e. The molecule has 0 radical (unpaired) electrons. The van der Waals surface area contributed by atoms with Gasteiger partial charge in [0.25, 0.3) is 11.5 Å². The van der Waals surface area contributed by atoms with Gasteiger partial charge < -0.3 is 14.8 Å². The first-order valence-electron chi connectivity index (χ1n) is 8.60. The minimum atomic E-state index is -0.454.